The monoisotopic (exact) mass is 284 g/mol. The fraction of sp³-hybridized carbons (Fsp3) is 0.500. The van der Waals surface area contributed by atoms with Gasteiger partial charge in [0, 0.05) is 18.6 Å². The van der Waals surface area contributed by atoms with Crippen molar-refractivity contribution in [2.75, 3.05) is 6.54 Å². The average molecular weight is 285 g/mol. The summed E-state index contributed by atoms with van der Waals surface area (Å²) in [6, 6.07) is 4.20. The lowest BCUT2D eigenvalue weighted by Crippen LogP contribution is -2.51. The quantitative estimate of drug-likeness (QED) is 0.908. The molecule has 2 rings (SSSR count). The topological polar surface area (TPSA) is 46.3 Å². The van der Waals surface area contributed by atoms with Gasteiger partial charge in [-0.2, -0.15) is 0 Å². The zero-order valence-electron chi connectivity index (χ0n) is 10.9. The fourth-order valence-electron chi connectivity index (χ4n) is 2.58. The fourth-order valence-corrected chi connectivity index (χ4v) is 2.79. The molecule has 0 spiro atoms. The highest BCUT2D eigenvalue weighted by Gasteiger charge is 2.31. The van der Waals surface area contributed by atoms with Crippen molar-refractivity contribution in [1.82, 2.24) is 4.90 Å². The van der Waals surface area contributed by atoms with Gasteiger partial charge in [-0.25, -0.2) is 4.39 Å². The minimum atomic E-state index is -0.568. The van der Waals surface area contributed by atoms with Crippen molar-refractivity contribution >= 4 is 17.5 Å². The Morgan fingerprint density at radius 2 is 2.26 bits per heavy atom. The van der Waals surface area contributed by atoms with Crippen LogP contribution in [-0.2, 0) is 0 Å². The van der Waals surface area contributed by atoms with Gasteiger partial charge in [0.25, 0.3) is 5.91 Å². The Bertz CT molecular complexity index is 479. The number of piperidine rings is 1. The molecule has 5 heteroatoms. The number of rotatable bonds is 2. The first-order valence-corrected chi connectivity index (χ1v) is 6.90. The van der Waals surface area contributed by atoms with E-state index in [0.717, 1.165) is 19.3 Å². The SMILES string of the molecule is CC(N)C1CCCCN1C(=O)c1cccc(F)c1Cl. The Kier molecular flexibility index (Phi) is 4.42. The van der Waals surface area contributed by atoms with E-state index in [1.165, 1.54) is 12.1 Å². The Morgan fingerprint density at radius 3 is 2.95 bits per heavy atom. The Morgan fingerprint density at radius 1 is 1.53 bits per heavy atom. The third-order valence-corrected chi connectivity index (χ3v) is 3.98. The zero-order valence-corrected chi connectivity index (χ0v) is 11.7. The summed E-state index contributed by atoms with van der Waals surface area (Å²) >= 11 is 5.88. The first-order chi connectivity index (χ1) is 9.02. The van der Waals surface area contributed by atoms with E-state index in [0.29, 0.717) is 6.54 Å². The van der Waals surface area contributed by atoms with E-state index >= 15 is 0 Å². The number of halogens is 2. The zero-order chi connectivity index (χ0) is 14.0. The minimum absolute atomic E-state index is 0.000541. The number of hydrogen-bond acceptors (Lipinski definition) is 2. The summed E-state index contributed by atoms with van der Waals surface area (Å²) in [5.41, 5.74) is 6.16. The van der Waals surface area contributed by atoms with E-state index in [9.17, 15) is 9.18 Å². The second-order valence-electron chi connectivity index (χ2n) is 5.02. The highest BCUT2D eigenvalue weighted by molar-refractivity contribution is 6.34. The Labute approximate surface area is 117 Å². The highest BCUT2D eigenvalue weighted by Crippen LogP contribution is 2.26. The van der Waals surface area contributed by atoms with E-state index in [2.05, 4.69) is 0 Å². The molecule has 1 aromatic rings. The Balaban J connectivity index is 2.29. The van der Waals surface area contributed by atoms with Crippen molar-refractivity contribution in [3.8, 4) is 0 Å². The van der Waals surface area contributed by atoms with E-state index in [1.807, 2.05) is 6.92 Å². The number of carbonyl (C=O) groups is 1. The van der Waals surface area contributed by atoms with Gasteiger partial charge in [0.05, 0.1) is 10.6 Å². The van der Waals surface area contributed by atoms with Gasteiger partial charge in [0.1, 0.15) is 5.82 Å². The molecule has 1 aliphatic rings. The molecule has 1 amide bonds. The van der Waals surface area contributed by atoms with Gasteiger partial charge in [-0.3, -0.25) is 4.79 Å². The molecule has 0 bridgehead atoms. The van der Waals surface area contributed by atoms with Crippen LogP contribution in [-0.4, -0.2) is 29.4 Å². The van der Waals surface area contributed by atoms with Gasteiger partial charge < -0.3 is 10.6 Å². The lowest BCUT2D eigenvalue weighted by atomic mass is 9.96. The number of nitrogens with zero attached hydrogens (tertiary/aromatic N) is 1. The number of carbonyl (C=O) groups excluding carboxylic acids is 1. The minimum Gasteiger partial charge on any atom is -0.334 e. The van der Waals surface area contributed by atoms with Crippen LogP contribution >= 0.6 is 11.6 Å². The number of likely N-dealkylation sites (tertiary alicyclic amines) is 1. The lowest BCUT2D eigenvalue weighted by molar-refractivity contribution is 0.0583. The van der Waals surface area contributed by atoms with E-state index in [4.69, 9.17) is 17.3 Å². The number of benzene rings is 1. The molecule has 2 N–H and O–H groups in total. The Hall–Kier alpha value is -1.13. The average Bonchev–Trinajstić information content (AvgIpc) is 2.41. The predicted molar refractivity (Wildman–Crippen MR) is 73.7 cm³/mol. The molecule has 0 radical (unpaired) electrons. The molecule has 1 aromatic carbocycles. The summed E-state index contributed by atoms with van der Waals surface area (Å²) in [4.78, 5) is 14.2. The maximum atomic E-state index is 13.4. The van der Waals surface area contributed by atoms with E-state index < -0.39 is 5.82 Å². The van der Waals surface area contributed by atoms with Crippen LogP contribution in [0.25, 0.3) is 0 Å². The summed E-state index contributed by atoms with van der Waals surface area (Å²) in [6.07, 6.45) is 2.89. The third-order valence-electron chi connectivity index (χ3n) is 3.60. The molecule has 2 unspecified atom stereocenters. The summed E-state index contributed by atoms with van der Waals surface area (Å²) in [5.74, 6) is -0.798. The molecule has 0 aromatic heterocycles. The summed E-state index contributed by atoms with van der Waals surface area (Å²) in [7, 11) is 0. The molecule has 1 aliphatic heterocycles. The van der Waals surface area contributed by atoms with Crippen LogP contribution in [0.5, 0.6) is 0 Å². The van der Waals surface area contributed by atoms with Gasteiger partial charge >= 0.3 is 0 Å². The molecule has 1 fully saturated rings. The van der Waals surface area contributed by atoms with Gasteiger partial charge in [0.15, 0.2) is 0 Å². The second-order valence-corrected chi connectivity index (χ2v) is 5.40. The maximum Gasteiger partial charge on any atom is 0.255 e. The van der Waals surface area contributed by atoms with Crippen molar-refractivity contribution in [3.63, 3.8) is 0 Å². The summed E-state index contributed by atoms with van der Waals surface area (Å²) in [5, 5.41) is -0.110. The van der Waals surface area contributed by atoms with Crippen molar-refractivity contribution < 1.29 is 9.18 Å². The van der Waals surface area contributed by atoms with Crippen LogP contribution in [0.3, 0.4) is 0 Å². The normalized spacial score (nSPS) is 21.3. The summed E-state index contributed by atoms with van der Waals surface area (Å²) in [6.45, 7) is 2.54. The van der Waals surface area contributed by atoms with Crippen LogP contribution in [0.15, 0.2) is 18.2 Å². The maximum absolute atomic E-state index is 13.4. The predicted octanol–water partition coefficient (Wildman–Crippen LogP) is 2.82. The molecular formula is C14H18ClFN2O. The van der Waals surface area contributed by atoms with Crippen LogP contribution in [0, 0.1) is 5.82 Å². The molecule has 19 heavy (non-hydrogen) atoms. The molecule has 1 heterocycles. The van der Waals surface area contributed by atoms with E-state index in [1.54, 1.807) is 11.0 Å². The van der Waals surface area contributed by atoms with Gasteiger partial charge in [-0.15, -0.1) is 0 Å². The van der Waals surface area contributed by atoms with Crippen molar-refractivity contribution in [3.05, 3.63) is 34.6 Å². The molecule has 0 aliphatic carbocycles. The van der Waals surface area contributed by atoms with Gasteiger partial charge in [0.2, 0.25) is 0 Å². The van der Waals surface area contributed by atoms with E-state index in [-0.39, 0.29) is 28.6 Å². The molecule has 104 valence electrons. The summed E-state index contributed by atoms with van der Waals surface area (Å²) < 4.78 is 13.4. The van der Waals surface area contributed by atoms with Crippen LogP contribution in [0.2, 0.25) is 5.02 Å². The number of hydrogen-bond donors (Lipinski definition) is 1. The van der Waals surface area contributed by atoms with Crippen molar-refractivity contribution in [1.29, 1.82) is 0 Å². The molecule has 1 saturated heterocycles. The first-order valence-electron chi connectivity index (χ1n) is 6.53. The highest BCUT2D eigenvalue weighted by atomic mass is 35.5. The van der Waals surface area contributed by atoms with Crippen LogP contribution in [0.1, 0.15) is 36.5 Å². The lowest BCUT2D eigenvalue weighted by Gasteiger charge is -2.38. The number of nitrogens with two attached hydrogens (primary N) is 1. The number of amides is 1. The molecular weight excluding hydrogens is 267 g/mol. The van der Waals surface area contributed by atoms with Crippen molar-refractivity contribution in [2.45, 2.75) is 38.3 Å². The second kappa shape index (κ2) is 5.88. The standard InChI is InChI=1S/C14H18ClFN2O/c1-9(17)12-7-2-3-8-18(12)14(19)10-5-4-6-11(16)13(10)15/h4-6,9,12H,2-3,7-8,17H2,1H3. The smallest absolute Gasteiger partial charge is 0.255 e. The van der Waals surface area contributed by atoms with Gasteiger partial charge in [-0.05, 0) is 38.3 Å². The third kappa shape index (κ3) is 2.90. The van der Waals surface area contributed by atoms with Crippen LogP contribution in [0.4, 0.5) is 4.39 Å². The van der Waals surface area contributed by atoms with Crippen molar-refractivity contribution in [2.24, 2.45) is 5.73 Å². The van der Waals surface area contributed by atoms with Gasteiger partial charge in [-0.1, -0.05) is 17.7 Å². The first kappa shape index (κ1) is 14.3. The molecule has 2 atom stereocenters. The molecule has 0 saturated carbocycles. The molecule has 3 nitrogen and oxygen atoms in total. The van der Waals surface area contributed by atoms with Crippen LogP contribution < -0.4 is 5.73 Å². The largest absolute Gasteiger partial charge is 0.334 e.